The fourth-order valence-corrected chi connectivity index (χ4v) is 2.86. The van der Waals surface area contributed by atoms with Gasteiger partial charge in [0.15, 0.2) is 5.78 Å². The molecule has 0 bridgehead atoms. The lowest BCUT2D eigenvalue weighted by Gasteiger charge is -2.30. The Labute approximate surface area is 150 Å². The average molecular weight is 355 g/mol. The molecular weight excluding hydrogens is 337 g/mol. The normalized spacial score (nSPS) is 14.6. The van der Waals surface area contributed by atoms with Crippen LogP contribution in [0.5, 0.6) is 0 Å². The molecule has 0 aromatic heterocycles. The van der Waals surface area contributed by atoms with Crippen molar-refractivity contribution >= 4 is 23.5 Å². The zero-order chi connectivity index (χ0) is 18.5. The number of ketones is 1. The Kier molecular flexibility index (Phi) is 5.43. The van der Waals surface area contributed by atoms with Gasteiger partial charge in [0.25, 0.3) is 0 Å². The topological polar surface area (TPSA) is 66.8 Å². The van der Waals surface area contributed by atoms with Gasteiger partial charge in [0.1, 0.15) is 5.82 Å². The quantitative estimate of drug-likeness (QED) is 0.659. The number of carboxylic acid groups (broad SMARTS) is 1. The number of carboxylic acids is 1. The summed E-state index contributed by atoms with van der Waals surface area (Å²) in [6.07, 6.45) is 2.76. The first-order valence-corrected chi connectivity index (χ1v) is 8.23. The van der Waals surface area contributed by atoms with Crippen molar-refractivity contribution in [3.05, 3.63) is 71.0 Å². The molecule has 5 nitrogen and oxygen atoms in total. The molecule has 0 aliphatic carbocycles. The fraction of sp³-hybridized carbons (Fsp3) is 0.200. The summed E-state index contributed by atoms with van der Waals surface area (Å²) in [7, 11) is 0. The van der Waals surface area contributed by atoms with Crippen LogP contribution in [0.4, 0.5) is 10.1 Å². The van der Waals surface area contributed by atoms with E-state index < -0.39 is 17.6 Å². The minimum absolute atomic E-state index is 0.0139. The van der Waals surface area contributed by atoms with Gasteiger partial charge in [-0.05, 0) is 35.9 Å². The molecule has 26 heavy (non-hydrogen) atoms. The molecule has 2 aromatic carbocycles. The highest BCUT2D eigenvalue weighted by atomic mass is 19.1. The summed E-state index contributed by atoms with van der Waals surface area (Å²) < 4.78 is 19.7. The number of morpholine rings is 1. The number of anilines is 1. The smallest absolute Gasteiger partial charge is 0.335 e. The number of carbonyl (C=O) groups is 2. The molecule has 0 amide bonds. The maximum absolute atomic E-state index is 14.4. The third-order valence-corrected chi connectivity index (χ3v) is 4.15. The molecule has 3 rings (SSSR count). The molecule has 1 fully saturated rings. The summed E-state index contributed by atoms with van der Waals surface area (Å²) in [5, 5.41) is 9.03. The number of rotatable bonds is 5. The molecule has 2 aromatic rings. The van der Waals surface area contributed by atoms with Gasteiger partial charge in [-0.15, -0.1) is 0 Å². The van der Waals surface area contributed by atoms with Crippen LogP contribution in [0.15, 0.2) is 48.5 Å². The first-order chi connectivity index (χ1) is 12.6. The van der Waals surface area contributed by atoms with Gasteiger partial charge in [0.2, 0.25) is 0 Å². The van der Waals surface area contributed by atoms with E-state index in [0.717, 1.165) is 0 Å². The van der Waals surface area contributed by atoms with E-state index in [1.54, 1.807) is 24.3 Å². The van der Waals surface area contributed by atoms with Crippen molar-refractivity contribution in [2.45, 2.75) is 0 Å². The Morgan fingerprint density at radius 3 is 2.58 bits per heavy atom. The Morgan fingerprint density at radius 1 is 1.12 bits per heavy atom. The SMILES string of the molecule is O=C(O)c1cccc(C=CC(=O)c2c(F)cccc2N2CCOCC2)c1. The lowest BCUT2D eigenvalue weighted by molar-refractivity contribution is 0.0696. The van der Waals surface area contributed by atoms with Crippen LogP contribution in [-0.2, 0) is 4.74 Å². The Hall–Kier alpha value is -2.99. The largest absolute Gasteiger partial charge is 0.478 e. The van der Waals surface area contributed by atoms with Crippen molar-refractivity contribution in [2.24, 2.45) is 0 Å². The van der Waals surface area contributed by atoms with Crippen LogP contribution in [0.25, 0.3) is 6.08 Å². The zero-order valence-electron chi connectivity index (χ0n) is 14.0. The highest BCUT2D eigenvalue weighted by Crippen LogP contribution is 2.25. The van der Waals surface area contributed by atoms with Gasteiger partial charge in [0.05, 0.1) is 30.0 Å². The van der Waals surface area contributed by atoms with Crippen molar-refractivity contribution in [3.63, 3.8) is 0 Å². The fourth-order valence-electron chi connectivity index (χ4n) is 2.86. The molecule has 0 unspecified atom stereocenters. The number of aromatic carboxylic acids is 1. The predicted molar refractivity (Wildman–Crippen MR) is 96.2 cm³/mol. The van der Waals surface area contributed by atoms with Crippen molar-refractivity contribution < 1.29 is 23.8 Å². The highest BCUT2D eigenvalue weighted by Gasteiger charge is 2.20. The van der Waals surface area contributed by atoms with Crippen molar-refractivity contribution in [2.75, 3.05) is 31.2 Å². The van der Waals surface area contributed by atoms with E-state index in [9.17, 15) is 14.0 Å². The summed E-state index contributed by atoms with van der Waals surface area (Å²) >= 11 is 0. The maximum atomic E-state index is 14.4. The van der Waals surface area contributed by atoms with Gasteiger partial charge < -0.3 is 14.7 Å². The van der Waals surface area contributed by atoms with E-state index in [2.05, 4.69) is 0 Å². The van der Waals surface area contributed by atoms with Gasteiger partial charge in [0, 0.05) is 13.1 Å². The zero-order valence-corrected chi connectivity index (χ0v) is 14.0. The maximum Gasteiger partial charge on any atom is 0.335 e. The van der Waals surface area contributed by atoms with E-state index in [-0.39, 0.29) is 11.1 Å². The molecule has 1 N–H and O–H groups in total. The second-order valence-electron chi connectivity index (χ2n) is 5.86. The summed E-state index contributed by atoms with van der Waals surface area (Å²) in [4.78, 5) is 25.6. The van der Waals surface area contributed by atoms with Gasteiger partial charge in [-0.1, -0.05) is 24.3 Å². The molecule has 1 saturated heterocycles. The lowest BCUT2D eigenvalue weighted by Crippen LogP contribution is -2.37. The third-order valence-electron chi connectivity index (χ3n) is 4.15. The second-order valence-corrected chi connectivity index (χ2v) is 5.86. The second kappa shape index (κ2) is 7.93. The van der Waals surface area contributed by atoms with Crippen LogP contribution in [0.3, 0.4) is 0 Å². The minimum atomic E-state index is -1.05. The number of ether oxygens (including phenoxy) is 1. The third kappa shape index (κ3) is 3.97. The van der Waals surface area contributed by atoms with E-state index in [0.29, 0.717) is 37.6 Å². The van der Waals surface area contributed by atoms with E-state index in [1.165, 1.54) is 30.4 Å². The first kappa shape index (κ1) is 17.8. The van der Waals surface area contributed by atoms with Gasteiger partial charge >= 0.3 is 5.97 Å². The highest BCUT2D eigenvalue weighted by molar-refractivity contribution is 6.10. The van der Waals surface area contributed by atoms with Gasteiger partial charge in [-0.2, -0.15) is 0 Å². The monoisotopic (exact) mass is 355 g/mol. The Balaban J connectivity index is 1.88. The van der Waals surface area contributed by atoms with Crippen molar-refractivity contribution in [1.29, 1.82) is 0 Å². The standard InChI is InChI=1S/C20H18FNO4/c21-16-5-2-6-17(22-9-11-26-12-10-22)19(16)18(23)8-7-14-3-1-4-15(13-14)20(24)25/h1-8,13H,9-12H2,(H,24,25). The lowest BCUT2D eigenvalue weighted by atomic mass is 10.0. The van der Waals surface area contributed by atoms with Crippen molar-refractivity contribution in [3.8, 4) is 0 Å². The number of benzene rings is 2. The number of allylic oxidation sites excluding steroid dienone is 1. The summed E-state index contributed by atoms with van der Waals surface area (Å²) in [6.45, 7) is 2.24. The number of hydrogen-bond acceptors (Lipinski definition) is 4. The molecule has 0 atom stereocenters. The number of nitrogens with zero attached hydrogens (tertiary/aromatic N) is 1. The first-order valence-electron chi connectivity index (χ1n) is 8.23. The number of hydrogen-bond donors (Lipinski definition) is 1. The number of halogens is 1. The molecule has 0 radical (unpaired) electrons. The average Bonchev–Trinajstić information content (AvgIpc) is 2.67. The number of carbonyl (C=O) groups excluding carboxylic acids is 1. The summed E-state index contributed by atoms with van der Waals surface area (Å²) in [5.74, 6) is -2.09. The molecule has 134 valence electrons. The van der Waals surface area contributed by atoms with Crippen LogP contribution >= 0.6 is 0 Å². The van der Waals surface area contributed by atoms with Crippen molar-refractivity contribution in [1.82, 2.24) is 0 Å². The van der Waals surface area contributed by atoms with Crippen LogP contribution in [0.2, 0.25) is 0 Å². The Bertz CT molecular complexity index is 857. The molecule has 0 saturated carbocycles. The van der Waals surface area contributed by atoms with Crippen LogP contribution in [0, 0.1) is 5.82 Å². The van der Waals surface area contributed by atoms with Gasteiger partial charge in [-0.25, -0.2) is 9.18 Å². The molecule has 0 spiro atoms. The predicted octanol–water partition coefficient (Wildman–Crippen LogP) is 3.26. The summed E-state index contributed by atoms with van der Waals surface area (Å²) in [6, 6.07) is 10.8. The molecule has 1 aliphatic heterocycles. The molecule has 1 heterocycles. The van der Waals surface area contributed by atoms with Crippen LogP contribution < -0.4 is 4.90 Å². The van der Waals surface area contributed by atoms with Gasteiger partial charge in [-0.3, -0.25) is 4.79 Å². The minimum Gasteiger partial charge on any atom is -0.478 e. The summed E-state index contributed by atoms with van der Waals surface area (Å²) in [5.41, 5.74) is 1.24. The van der Waals surface area contributed by atoms with E-state index in [4.69, 9.17) is 9.84 Å². The van der Waals surface area contributed by atoms with Crippen LogP contribution in [0.1, 0.15) is 26.3 Å². The van der Waals surface area contributed by atoms with E-state index >= 15 is 0 Å². The Morgan fingerprint density at radius 2 is 1.85 bits per heavy atom. The van der Waals surface area contributed by atoms with Crippen LogP contribution in [-0.4, -0.2) is 43.2 Å². The van der Waals surface area contributed by atoms with E-state index in [1.807, 2.05) is 4.90 Å². The molecular formula is C20H18FNO4. The molecule has 1 aliphatic rings. The molecule has 6 heteroatoms.